The van der Waals surface area contributed by atoms with E-state index >= 15 is 0 Å². The topological polar surface area (TPSA) is 75.7 Å². The number of thiophene rings is 1. The van der Waals surface area contributed by atoms with Gasteiger partial charge in [-0.25, -0.2) is 0 Å². The van der Waals surface area contributed by atoms with Crippen LogP contribution in [0.3, 0.4) is 0 Å². The Labute approximate surface area is 137 Å². The van der Waals surface area contributed by atoms with E-state index in [2.05, 4.69) is 5.43 Å². The smallest absolute Gasteiger partial charge is 0.271 e. The number of carbonyl (C=O) groups is 3. The number of nitrogens with zero attached hydrogens (tertiary/aromatic N) is 1. The number of aryl methyl sites for hydroxylation is 1. The first kappa shape index (κ1) is 14.8. The van der Waals surface area contributed by atoms with E-state index in [-0.39, 0.29) is 29.9 Å². The maximum absolute atomic E-state index is 12.5. The van der Waals surface area contributed by atoms with Gasteiger partial charge >= 0.3 is 0 Å². The minimum atomic E-state index is -0.420. The molecule has 0 unspecified atom stereocenters. The minimum Gasteiger partial charge on any atom is -0.373 e. The molecule has 3 amide bonds. The molecule has 4 atom stereocenters. The maximum Gasteiger partial charge on any atom is 0.271 e. The van der Waals surface area contributed by atoms with Gasteiger partial charge in [0.2, 0.25) is 0 Å². The van der Waals surface area contributed by atoms with Crippen molar-refractivity contribution < 1.29 is 19.1 Å². The summed E-state index contributed by atoms with van der Waals surface area (Å²) in [4.78, 5) is 38.6. The third-order valence-electron chi connectivity index (χ3n) is 5.20. The highest BCUT2D eigenvalue weighted by Crippen LogP contribution is 2.48. The lowest BCUT2D eigenvalue weighted by atomic mass is 9.81. The average Bonchev–Trinajstić information content (AvgIpc) is 3.27. The third kappa shape index (κ3) is 1.99. The van der Waals surface area contributed by atoms with E-state index in [0.717, 1.165) is 34.7 Å². The van der Waals surface area contributed by atoms with Gasteiger partial charge in [0.15, 0.2) is 0 Å². The zero-order chi connectivity index (χ0) is 16.3. The molecule has 3 saturated heterocycles. The number of hydrogen-bond donors (Lipinski definition) is 1. The number of rotatable bonds is 3. The normalized spacial score (nSPS) is 31.8. The summed E-state index contributed by atoms with van der Waals surface area (Å²) in [5, 5.41) is 2.71. The van der Waals surface area contributed by atoms with Crippen LogP contribution in [-0.2, 0) is 20.7 Å². The van der Waals surface area contributed by atoms with Crippen molar-refractivity contribution in [1.82, 2.24) is 10.4 Å². The number of carbonyl (C=O) groups excluding carboxylic acids is 3. The molecule has 2 bridgehead atoms. The highest BCUT2D eigenvalue weighted by Gasteiger charge is 2.62. The molecule has 3 aliphatic heterocycles. The van der Waals surface area contributed by atoms with Crippen molar-refractivity contribution in [1.29, 1.82) is 0 Å². The molecule has 0 saturated carbocycles. The van der Waals surface area contributed by atoms with Gasteiger partial charge in [0.25, 0.3) is 17.7 Å². The van der Waals surface area contributed by atoms with Gasteiger partial charge in [0.05, 0.1) is 29.6 Å². The van der Waals surface area contributed by atoms with Crippen molar-refractivity contribution in [3.63, 3.8) is 0 Å². The van der Waals surface area contributed by atoms with E-state index in [0.29, 0.717) is 5.56 Å². The van der Waals surface area contributed by atoms with Crippen molar-refractivity contribution in [2.45, 2.75) is 45.3 Å². The standard InChI is InChI=1S/C16H18N2O4S/c1-3-8-7(2)23-6-9(8)14(19)17-18-15(20)12-10-4-5-11(22-10)13(12)16(18)21/h6,10-13H,3-5H2,1-2H3,(H,17,19)/t10-,11+,12-,13+. The van der Waals surface area contributed by atoms with Gasteiger partial charge in [-0.2, -0.15) is 5.01 Å². The molecule has 23 heavy (non-hydrogen) atoms. The van der Waals surface area contributed by atoms with E-state index in [1.54, 1.807) is 5.38 Å². The molecular weight excluding hydrogens is 316 g/mol. The molecule has 1 aromatic rings. The molecule has 0 aromatic carbocycles. The number of fused-ring (bicyclic) bond motifs is 5. The molecular formula is C16H18N2O4S. The van der Waals surface area contributed by atoms with Crippen molar-refractivity contribution in [3.8, 4) is 0 Å². The summed E-state index contributed by atoms with van der Waals surface area (Å²) in [6, 6.07) is 0. The van der Waals surface area contributed by atoms with Crippen molar-refractivity contribution in [2.75, 3.05) is 0 Å². The van der Waals surface area contributed by atoms with Crippen molar-refractivity contribution in [2.24, 2.45) is 11.8 Å². The first-order valence-electron chi connectivity index (χ1n) is 7.94. The van der Waals surface area contributed by atoms with E-state index in [4.69, 9.17) is 4.74 Å². The lowest BCUT2D eigenvalue weighted by molar-refractivity contribution is -0.145. The Morgan fingerprint density at radius 3 is 2.48 bits per heavy atom. The first-order chi connectivity index (χ1) is 11.0. The first-order valence-corrected chi connectivity index (χ1v) is 8.82. The summed E-state index contributed by atoms with van der Waals surface area (Å²) >= 11 is 1.50. The number of nitrogens with one attached hydrogen (secondary N) is 1. The summed E-state index contributed by atoms with van der Waals surface area (Å²) in [6.07, 6.45) is 2.03. The van der Waals surface area contributed by atoms with Crippen LogP contribution < -0.4 is 5.43 Å². The van der Waals surface area contributed by atoms with Crippen LogP contribution in [0.2, 0.25) is 0 Å². The molecule has 3 aliphatic rings. The monoisotopic (exact) mass is 334 g/mol. The third-order valence-corrected chi connectivity index (χ3v) is 6.15. The molecule has 4 rings (SSSR count). The highest BCUT2D eigenvalue weighted by atomic mass is 32.1. The molecule has 122 valence electrons. The van der Waals surface area contributed by atoms with Gasteiger partial charge < -0.3 is 4.74 Å². The highest BCUT2D eigenvalue weighted by molar-refractivity contribution is 7.10. The summed E-state index contributed by atoms with van der Waals surface area (Å²) in [7, 11) is 0. The van der Waals surface area contributed by atoms with Gasteiger partial charge in [-0.3, -0.25) is 19.8 Å². The summed E-state index contributed by atoms with van der Waals surface area (Å²) in [5.74, 6) is -1.88. The predicted molar refractivity (Wildman–Crippen MR) is 82.6 cm³/mol. The molecule has 3 fully saturated rings. The largest absolute Gasteiger partial charge is 0.373 e. The maximum atomic E-state index is 12.5. The van der Waals surface area contributed by atoms with Crippen LogP contribution in [0.1, 0.15) is 40.6 Å². The Hall–Kier alpha value is -1.73. The van der Waals surface area contributed by atoms with Crippen LogP contribution in [0, 0.1) is 18.8 Å². The Morgan fingerprint density at radius 2 is 1.91 bits per heavy atom. The molecule has 0 aliphatic carbocycles. The van der Waals surface area contributed by atoms with Crippen molar-refractivity contribution >= 4 is 29.1 Å². The molecule has 1 aromatic heterocycles. The lowest BCUT2D eigenvalue weighted by Gasteiger charge is -2.18. The van der Waals surface area contributed by atoms with Crippen LogP contribution in [0.25, 0.3) is 0 Å². The van der Waals surface area contributed by atoms with Crippen LogP contribution in [0.4, 0.5) is 0 Å². The molecule has 6 nitrogen and oxygen atoms in total. The second-order valence-corrected chi connectivity index (χ2v) is 7.42. The molecule has 1 N–H and O–H groups in total. The predicted octanol–water partition coefficient (Wildman–Crippen LogP) is 1.43. The van der Waals surface area contributed by atoms with Crippen LogP contribution in [-0.4, -0.2) is 34.9 Å². The zero-order valence-electron chi connectivity index (χ0n) is 13.0. The molecule has 7 heteroatoms. The number of hydrazine groups is 1. The number of imide groups is 1. The molecule has 0 spiro atoms. The summed E-state index contributed by atoms with van der Waals surface area (Å²) in [6.45, 7) is 3.95. The fraction of sp³-hybridized carbons (Fsp3) is 0.562. The second-order valence-electron chi connectivity index (χ2n) is 6.33. The van der Waals surface area contributed by atoms with Gasteiger partial charge in [-0.15, -0.1) is 11.3 Å². The Kier molecular flexibility index (Phi) is 3.32. The van der Waals surface area contributed by atoms with Gasteiger partial charge in [0.1, 0.15) is 0 Å². The zero-order valence-corrected chi connectivity index (χ0v) is 13.8. The fourth-order valence-corrected chi connectivity index (χ4v) is 5.03. The Bertz CT molecular complexity index is 685. The van der Waals surface area contributed by atoms with Crippen LogP contribution >= 0.6 is 11.3 Å². The molecule has 0 radical (unpaired) electrons. The summed E-state index contributed by atoms with van der Waals surface area (Å²) in [5.41, 5.74) is 4.04. The number of ether oxygens (including phenoxy) is 1. The van der Waals surface area contributed by atoms with E-state index in [1.165, 1.54) is 11.3 Å². The second kappa shape index (κ2) is 5.14. The Morgan fingerprint density at radius 1 is 1.30 bits per heavy atom. The summed E-state index contributed by atoms with van der Waals surface area (Å²) < 4.78 is 5.68. The SMILES string of the molecule is CCc1c(C(=O)NN2C(=O)[C@@H]3[C@H](C2=O)[C@H]2CC[C@@H]3O2)csc1C. The van der Waals surface area contributed by atoms with Gasteiger partial charge in [-0.05, 0) is 31.7 Å². The van der Waals surface area contributed by atoms with E-state index < -0.39 is 11.8 Å². The van der Waals surface area contributed by atoms with Gasteiger partial charge in [-0.1, -0.05) is 6.92 Å². The van der Waals surface area contributed by atoms with E-state index in [9.17, 15) is 14.4 Å². The lowest BCUT2D eigenvalue weighted by Crippen LogP contribution is -2.48. The number of hydrogen-bond acceptors (Lipinski definition) is 5. The van der Waals surface area contributed by atoms with E-state index in [1.807, 2.05) is 13.8 Å². The molecule has 4 heterocycles. The van der Waals surface area contributed by atoms with Gasteiger partial charge in [0, 0.05) is 10.3 Å². The van der Waals surface area contributed by atoms with Crippen LogP contribution in [0.5, 0.6) is 0 Å². The van der Waals surface area contributed by atoms with Crippen molar-refractivity contribution in [3.05, 3.63) is 21.4 Å². The minimum absolute atomic E-state index is 0.169. The fourth-order valence-electron chi connectivity index (χ4n) is 4.09. The quantitative estimate of drug-likeness (QED) is 0.849. The van der Waals surface area contributed by atoms with Crippen LogP contribution in [0.15, 0.2) is 5.38 Å². The average molecular weight is 334 g/mol. The Balaban J connectivity index is 1.56. The number of amides is 3.